The molecule has 0 radical (unpaired) electrons. The fraction of sp³-hybridized carbons (Fsp3) is 0.886. The molecule has 1 N–H and O–H groups in total. The topological polar surface area (TPSA) is 55.8 Å². The number of ether oxygens (including phenoxy) is 2. The molecule has 0 spiro atoms. The zero-order valence-electron chi connectivity index (χ0n) is 32.5. The highest BCUT2D eigenvalue weighted by Gasteiger charge is 2.13. The SMILES string of the molecule is CCCCCCC/C=C\C/C=C\CCCCCCCCCCCCCCOCC(CO)OC(=O)CCCCCCCCCCCCCC. The number of esters is 1. The predicted octanol–water partition coefficient (Wildman–Crippen LogP) is 13.9. The van der Waals surface area contributed by atoms with Gasteiger partial charge in [0.1, 0.15) is 6.10 Å². The number of unbranched alkanes of at least 4 members (excludes halogenated alkanes) is 28. The lowest BCUT2D eigenvalue weighted by molar-refractivity contribution is -0.154. The summed E-state index contributed by atoms with van der Waals surface area (Å²) >= 11 is 0. The summed E-state index contributed by atoms with van der Waals surface area (Å²) in [6, 6.07) is 0. The van der Waals surface area contributed by atoms with E-state index in [0.29, 0.717) is 19.6 Å². The third-order valence-corrected chi connectivity index (χ3v) is 9.53. The lowest BCUT2D eigenvalue weighted by Crippen LogP contribution is -2.27. The normalized spacial score (nSPS) is 12.5. The fourth-order valence-corrected chi connectivity index (χ4v) is 6.30. The summed E-state index contributed by atoms with van der Waals surface area (Å²) in [6.07, 6.45) is 51.0. The number of aliphatic hydroxyl groups excluding tert-OH is 1. The van der Waals surface area contributed by atoms with Gasteiger partial charge in [-0.1, -0.05) is 199 Å². The fourth-order valence-electron chi connectivity index (χ4n) is 6.30. The first-order valence-corrected chi connectivity index (χ1v) is 21.4. The summed E-state index contributed by atoms with van der Waals surface area (Å²) in [5.74, 6) is -0.199. The van der Waals surface area contributed by atoms with E-state index in [9.17, 15) is 9.90 Å². The Morgan fingerprint density at radius 2 is 0.875 bits per heavy atom. The second kappa shape index (κ2) is 42.0. The molecule has 0 fully saturated rings. The first-order chi connectivity index (χ1) is 23.7. The van der Waals surface area contributed by atoms with Crippen LogP contribution in [-0.4, -0.2) is 37.0 Å². The molecule has 284 valence electrons. The average Bonchev–Trinajstić information content (AvgIpc) is 3.09. The summed E-state index contributed by atoms with van der Waals surface area (Å²) < 4.78 is 11.1. The van der Waals surface area contributed by atoms with Crippen LogP contribution in [0.1, 0.15) is 226 Å². The maximum Gasteiger partial charge on any atom is 0.306 e. The number of carbonyl (C=O) groups excluding carboxylic acids is 1. The van der Waals surface area contributed by atoms with Gasteiger partial charge in [-0.15, -0.1) is 0 Å². The van der Waals surface area contributed by atoms with Crippen LogP contribution in [0.15, 0.2) is 24.3 Å². The van der Waals surface area contributed by atoms with Crippen molar-refractivity contribution in [1.82, 2.24) is 0 Å². The molecular formula is C44H84O4. The summed E-state index contributed by atoms with van der Waals surface area (Å²) in [5, 5.41) is 9.58. The Balaban J connectivity index is 3.37. The first-order valence-electron chi connectivity index (χ1n) is 21.4. The van der Waals surface area contributed by atoms with Crippen molar-refractivity contribution < 1.29 is 19.4 Å². The van der Waals surface area contributed by atoms with Crippen LogP contribution < -0.4 is 0 Å². The van der Waals surface area contributed by atoms with Crippen molar-refractivity contribution in [2.24, 2.45) is 0 Å². The van der Waals surface area contributed by atoms with Crippen molar-refractivity contribution in [2.45, 2.75) is 232 Å². The van der Waals surface area contributed by atoms with E-state index in [1.165, 1.54) is 180 Å². The molecule has 4 nitrogen and oxygen atoms in total. The van der Waals surface area contributed by atoms with Gasteiger partial charge in [0, 0.05) is 13.0 Å². The molecule has 0 aliphatic rings. The van der Waals surface area contributed by atoms with Crippen LogP contribution in [0.4, 0.5) is 0 Å². The van der Waals surface area contributed by atoms with Crippen molar-refractivity contribution in [3.05, 3.63) is 24.3 Å². The molecule has 0 aromatic rings. The van der Waals surface area contributed by atoms with E-state index in [-0.39, 0.29) is 12.6 Å². The van der Waals surface area contributed by atoms with Gasteiger partial charge in [0.25, 0.3) is 0 Å². The van der Waals surface area contributed by atoms with Crippen LogP contribution in [0.3, 0.4) is 0 Å². The highest BCUT2D eigenvalue weighted by atomic mass is 16.6. The number of allylic oxidation sites excluding steroid dienone is 4. The molecule has 0 aliphatic carbocycles. The Bertz CT molecular complexity index is 673. The van der Waals surface area contributed by atoms with Gasteiger partial charge < -0.3 is 14.6 Å². The van der Waals surface area contributed by atoms with Crippen molar-refractivity contribution in [3.8, 4) is 0 Å². The predicted molar refractivity (Wildman–Crippen MR) is 210 cm³/mol. The van der Waals surface area contributed by atoms with Crippen molar-refractivity contribution >= 4 is 5.97 Å². The van der Waals surface area contributed by atoms with Gasteiger partial charge in [-0.2, -0.15) is 0 Å². The van der Waals surface area contributed by atoms with Gasteiger partial charge in [0.2, 0.25) is 0 Å². The number of carbonyl (C=O) groups is 1. The molecule has 48 heavy (non-hydrogen) atoms. The lowest BCUT2D eigenvalue weighted by atomic mass is 10.0. The van der Waals surface area contributed by atoms with Gasteiger partial charge >= 0.3 is 5.97 Å². The quantitative estimate of drug-likeness (QED) is 0.0399. The highest BCUT2D eigenvalue weighted by molar-refractivity contribution is 5.69. The lowest BCUT2D eigenvalue weighted by Gasteiger charge is -2.16. The maximum atomic E-state index is 12.1. The number of hydrogen-bond donors (Lipinski definition) is 1. The zero-order chi connectivity index (χ0) is 34.9. The number of hydrogen-bond acceptors (Lipinski definition) is 4. The number of aliphatic hydroxyl groups is 1. The summed E-state index contributed by atoms with van der Waals surface area (Å²) in [4.78, 5) is 12.1. The van der Waals surface area contributed by atoms with Crippen LogP contribution in [0.25, 0.3) is 0 Å². The molecule has 0 aromatic heterocycles. The minimum absolute atomic E-state index is 0.168. The Labute approximate surface area is 300 Å². The Morgan fingerprint density at radius 3 is 1.29 bits per heavy atom. The third-order valence-electron chi connectivity index (χ3n) is 9.53. The van der Waals surface area contributed by atoms with E-state index >= 15 is 0 Å². The van der Waals surface area contributed by atoms with Crippen molar-refractivity contribution in [2.75, 3.05) is 19.8 Å². The highest BCUT2D eigenvalue weighted by Crippen LogP contribution is 2.15. The smallest absolute Gasteiger partial charge is 0.306 e. The molecule has 0 aromatic carbocycles. The average molecular weight is 677 g/mol. The van der Waals surface area contributed by atoms with Gasteiger partial charge in [0.15, 0.2) is 0 Å². The van der Waals surface area contributed by atoms with Crippen LogP contribution in [0.2, 0.25) is 0 Å². The Kier molecular flexibility index (Phi) is 41.0. The van der Waals surface area contributed by atoms with Crippen LogP contribution >= 0.6 is 0 Å². The summed E-state index contributed by atoms with van der Waals surface area (Å²) in [5.41, 5.74) is 0. The second-order valence-corrected chi connectivity index (χ2v) is 14.4. The van der Waals surface area contributed by atoms with E-state index in [0.717, 1.165) is 25.7 Å². The molecule has 0 saturated heterocycles. The monoisotopic (exact) mass is 677 g/mol. The standard InChI is InChI=1S/C44H84O4/c1-3-5-7-9-11-13-15-17-18-19-20-21-22-23-24-25-26-27-28-30-32-34-36-38-40-47-42-43(41-45)48-44(46)39-37-35-33-31-29-16-14-12-10-8-6-4-2/h15,17,19-20,43,45H,3-14,16,18,21-42H2,1-2H3/b17-15-,20-19-. The molecule has 0 saturated carbocycles. The molecule has 0 rings (SSSR count). The first kappa shape index (κ1) is 46.9. The molecule has 0 heterocycles. The molecule has 0 aliphatic heterocycles. The Morgan fingerprint density at radius 1 is 0.500 bits per heavy atom. The summed E-state index contributed by atoms with van der Waals surface area (Å²) in [7, 11) is 0. The van der Waals surface area contributed by atoms with Crippen molar-refractivity contribution in [3.63, 3.8) is 0 Å². The summed E-state index contributed by atoms with van der Waals surface area (Å²) in [6.45, 7) is 5.36. The second-order valence-electron chi connectivity index (χ2n) is 14.4. The molecule has 4 heteroatoms. The Hall–Kier alpha value is -1.13. The molecule has 1 unspecified atom stereocenters. The van der Waals surface area contributed by atoms with Crippen LogP contribution in [-0.2, 0) is 14.3 Å². The molecule has 1 atom stereocenters. The van der Waals surface area contributed by atoms with Crippen molar-refractivity contribution in [1.29, 1.82) is 0 Å². The maximum absolute atomic E-state index is 12.1. The number of rotatable bonds is 40. The third kappa shape index (κ3) is 39.3. The van der Waals surface area contributed by atoms with E-state index < -0.39 is 6.10 Å². The van der Waals surface area contributed by atoms with Gasteiger partial charge in [-0.05, 0) is 44.9 Å². The zero-order valence-corrected chi connectivity index (χ0v) is 32.5. The van der Waals surface area contributed by atoms with Gasteiger partial charge in [-0.3, -0.25) is 4.79 Å². The largest absolute Gasteiger partial charge is 0.457 e. The van der Waals surface area contributed by atoms with E-state index in [2.05, 4.69) is 38.2 Å². The minimum Gasteiger partial charge on any atom is -0.457 e. The van der Waals surface area contributed by atoms with Crippen LogP contribution in [0.5, 0.6) is 0 Å². The van der Waals surface area contributed by atoms with Crippen LogP contribution in [0, 0.1) is 0 Å². The van der Waals surface area contributed by atoms with Gasteiger partial charge in [0.05, 0.1) is 13.2 Å². The van der Waals surface area contributed by atoms with E-state index in [4.69, 9.17) is 9.47 Å². The molecular weight excluding hydrogens is 592 g/mol. The van der Waals surface area contributed by atoms with Gasteiger partial charge in [-0.25, -0.2) is 0 Å². The minimum atomic E-state index is -0.529. The molecule has 0 bridgehead atoms. The van der Waals surface area contributed by atoms with E-state index in [1.807, 2.05) is 0 Å². The molecule has 0 amide bonds. The van der Waals surface area contributed by atoms with E-state index in [1.54, 1.807) is 0 Å².